The van der Waals surface area contributed by atoms with Crippen molar-refractivity contribution < 1.29 is 9.84 Å². The highest BCUT2D eigenvalue weighted by Crippen LogP contribution is 2.33. The maximum absolute atomic E-state index is 9.65. The summed E-state index contributed by atoms with van der Waals surface area (Å²) in [6.07, 6.45) is 2.43. The smallest absolute Gasteiger partial charge is 0.222 e. The van der Waals surface area contributed by atoms with Gasteiger partial charge in [0.25, 0.3) is 0 Å². The second-order valence-electron chi connectivity index (χ2n) is 5.06. The van der Waals surface area contributed by atoms with Crippen molar-refractivity contribution in [1.29, 1.82) is 0 Å². The van der Waals surface area contributed by atoms with Crippen LogP contribution in [0.4, 0.5) is 11.8 Å². The standard InChI is InChI=1S/C14H19N5O2/c1-7(2)9-5-17-10(8(3)20)4-11(9)21-12-6-18-14(16)19-13(12)15/h4-8,20H,1-3H3,(H4,15,16,18,19)/t8-/m0/s1. The lowest BCUT2D eigenvalue weighted by Crippen LogP contribution is -2.04. The average Bonchev–Trinajstić information content (AvgIpc) is 2.41. The zero-order chi connectivity index (χ0) is 15.6. The van der Waals surface area contributed by atoms with E-state index < -0.39 is 6.10 Å². The van der Waals surface area contributed by atoms with Crippen LogP contribution in [0.25, 0.3) is 0 Å². The number of aliphatic hydroxyl groups is 1. The second kappa shape index (κ2) is 5.92. The summed E-state index contributed by atoms with van der Waals surface area (Å²) in [4.78, 5) is 11.9. The van der Waals surface area contributed by atoms with Crippen molar-refractivity contribution in [3.63, 3.8) is 0 Å². The quantitative estimate of drug-likeness (QED) is 0.787. The van der Waals surface area contributed by atoms with Crippen LogP contribution in [0.15, 0.2) is 18.5 Å². The highest BCUT2D eigenvalue weighted by Gasteiger charge is 2.15. The first-order valence-electron chi connectivity index (χ1n) is 6.62. The van der Waals surface area contributed by atoms with Crippen molar-refractivity contribution in [3.05, 3.63) is 29.7 Å². The number of nitrogens with zero attached hydrogens (tertiary/aromatic N) is 3. The van der Waals surface area contributed by atoms with Crippen LogP contribution in [-0.2, 0) is 0 Å². The van der Waals surface area contributed by atoms with Crippen molar-refractivity contribution >= 4 is 11.8 Å². The second-order valence-corrected chi connectivity index (χ2v) is 5.06. The van der Waals surface area contributed by atoms with Crippen LogP contribution in [0.2, 0.25) is 0 Å². The van der Waals surface area contributed by atoms with Crippen LogP contribution in [-0.4, -0.2) is 20.1 Å². The number of ether oxygens (including phenoxy) is 1. The van der Waals surface area contributed by atoms with Gasteiger partial charge < -0.3 is 21.3 Å². The minimum Gasteiger partial charge on any atom is -0.451 e. The van der Waals surface area contributed by atoms with E-state index >= 15 is 0 Å². The Morgan fingerprint density at radius 3 is 2.38 bits per heavy atom. The zero-order valence-electron chi connectivity index (χ0n) is 12.2. The van der Waals surface area contributed by atoms with Gasteiger partial charge in [0.1, 0.15) is 5.75 Å². The molecule has 21 heavy (non-hydrogen) atoms. The third-order valence-electron chi connectivity index (χ3n) is 2.99. The van der Waals surface area contributed by atoms with Crippen LogP contribution < -0.4 is 16.2 Å². The molecular weight excluding hydrogens is 270 g/mol. The van der Waals surface area contributed by atoms with Crippen molar-refractivity contribution in [1.82, 2.24) is 15.0 Å². The molecule has 0 unspecified atom stereocenters. The molecule has 0 aliphatic heterocycles. The van der Waals surface area contributed by atoms with Gasteiger partial charge in [0, 0.05) is 17.8 Å². The van der Waals surface area contributed by atoms with E-state index in [1.165, 1.54) is 6.20 Å². The number of hydrogen-bond donors (Lipinski definition) is 3. The molecule has 0 saturated heterocycles. The van der Waals surface area contributed by atoms with E-state index in [1.54, 1.807) is 19.2 Å². The van der Waals surface area contributed by atoms with E-state index in [0.717, 1.165) is 5.56 Å². The molecule has 0 radical (unpaired) electrons. The molecule has 2 heterocycles. The van der Waals surface area contributed by atoms with E-state index in [4.69, 9.17) is 16.2 Å². The molecule has 2 aromatic heterocycles. The third-order valence-corrected chi connectivity index (χ3v) is 2.99. The van der Waals surface area contributed by atoms with E-state index in [9.17, 15) is 5.11 Å². The van der Waals surface area contributed by atoms with Crippen LogP contribution in [0.5, 0.6) is 11.5 Å². The van der Waals surface area contributed by atoms with Gasteiger partial charge >= 0.3 is 0 Å². The van der Waals surface area contributed by atoms with Crippen molar-refractivity contribution in [2.24, 2.45) is 0 Å². The first-order valence-corrected chi connectivity index (χ1v) is 6.62. The number of nitrogens with two attached hydrogens (primary N) is 2. The minimum atomic E-state index is -0.687. The van der Waals surface area contributed by atoms with Crippen molar-refractivity contribution in [3.8, 4) is 11.5 Å². The predicted octanol–water partition coefficient (Wildman–Crippen LogP) is 2.00. The zero-order valence-corrected chi connectivity index (χ0v) is 12.2. The first-order chi connectivity index (χ1) is 9.88. The molecule has 0 amide bonds. The van der Waals surface area contributed by atoms with Crippen LogP contribution in [0.1, 0.15) is 44.1 Å². The van der Waals surface area contributed by atoms with Crippen molar-refractivity contribution in [2.75, 3.05) is 11.5 Å². The van der Waals surface area contributed by atoms with Gasteiger partial charge in [-0.15, -0.1) is 0 Å². The molecule has 0 saturated carbocycles. The number of hydrogen-bond acceptors (Lipinski definition) is 7. The fraction of sp³-hybridized carbons (Fsp3) is 0.357. The lowest BCUT2D eigenvalue weighted by molar-refractivity contribution is 0.194. The number of rotatable bonds is 4. The molecule has 0 aromatic carbocycles. The largest absolute Gasteiger partial charge is 0.451 e. The molecular formula is C14H19N5O2. The van der Waals surface area contributed by atoms with Crippen LogP contribution in [0, 0.1) is 0 Å². The van der Waals surface area contributed by atoms with Gasteiger partial charge in [0.2, 0.25) is 5.95 Å². The number of pyridine rings is 1. The lowest BCUT2D eigenvalue weighted by atomic mass is 10.0. The molecule has 0 bridgehead atoms. The highest BCUT2D eigenvalue weighted by molar-refractivity contribution is 5.50. The van der Waals surface area contributed by atoms with Gasteiger partial charge in [-0.25, -0.2) is 4.98 Å². The monoisotopic (exact) mass is 289 g/mol. The molecule has 2 aromatic rings. The van der Waals surface area contributed by atoms with E-state index in [-0.39, 0.29) is 17.7 Å². The Morgan fingerprint density at radius 2 is 1.81 bits per heavy atom. The van der Waals surface area contributed by atoms with Crippen molar-refractivity contribution in [2.45, 2.75) is 32.8 Å². The molecule has 2 rings (SSSR count). The molecule has 0 fully saturated rings. The fourth-order valence-electron chi connectivity index (χ4n) is 1.81. The van der Waals surface area contributed by atoms with Gasteiger partial charge in [0.15, 0.2) is 11.6 Å². The number of anilines is 2. The molecule has 0 aliphatic rings. The SMILES string of the molecule is CC(C)c1cnc([C@H](C)O)cc1Oc1cnc(N)nc1N. The van der Waals surface area contributed by atoms with Gasteiger partial charge in [-0.05, 0) is 12.8 Å². The summed E-state index contributed by atoms with van der Waals surface area (Å²) in [5.41, 5.74) is 12.7. The third kappa shape index (κ3) is 3.38. The van der Waals surface area contributed by atoms with E-state index in [0.29, 0.717) is 17.2 Å². The summed E-state index contributed by atoms with van der Waals surface area (Å²) in [6, 6.07) is 1.69. The molecule has 1 atom stereocenters. The molecule has 0 aliphatic carbocycles. The first kappa shape index (κ1) is 15.0. The van der Waals surface area contributed by atoms with E-state index in [2.05, 4.69) is 15.0 Å². The summed E-state index contributed by atoms with van der Waals surface area (Å²) >= 11 is 0. The predicted molar refractivity (Wildman–Crippen MR) is 79.9 cm³/mol. The fourth-order valence-corrected chi connectivity index (χ4v) is 1.81. The molecule has 0 spiro atoms. The Balaban J connectivity index is 2.43. The van der Waals surface area contributed by atoms with Crippen LogP contribution in [0.3, 0.4) is 0 Å². The summed E-state index contributed by atoms with van der Waals surface area (Å²) in [6.45, 7) is 5.69. The number of aromatic nitrogens is 3. The van der Waals surface area contributed by atoms with Crippen LogP contribution >= 0.6 is 0 Å². The summed E-state index contributed by atoms with van der Waals surface area (Å²) in [5.74, 6) is 1.33. The summed E-state index contributed by atoms with van der Waals surface area (Å²) in [5, 5.41) is 9.65. The van der Waals surface area contributed by atoms with Gasteiger partial charge in [0.05, 0.1) is 18.0 Å². The Bertz CT molecular complexity index is 643. The number of aliphatic hydroxyl groups excluding tert-OH is 1. The highest BCUT2D eigenvalue weighted by atomic mass is 16.5. The topological polar surface area (TPSA) is 120 Å². The molecule has 5 N–H and O–H groups in total. The van der Waals surface area contributed by atoms with Gasteiger partial charge in [-0.1, -0.05) is 13.8 Å². The Morgan fingerprint density at radius 1 is 1.10 bits per heavy atom. The van der Waals surface area contributed by atoms with E-state index in [1.807, 2.05) is 13.8 Å². The molecule has 7 nitrogen and oxygen atoms in total. The lowest BCUT2D eigenvalue weighted by Gasteiger charge is -2.16. The minimum absolute atomic E-state index is 0.0864. The van der Waals surface area contributed by atoms with Gasteiger partial charge in [-0.2, -0.15) is 4.98 Å². The summed E-state index contributed by atoms with van der Waals surface area (Å²) < 4.78 is 5.79. The van der Waals surface area contributed by atoms with Gasteiger partial charge in [-0.3, -0.25) is 4.98 Å². The molecule has 112 valence electrons. The Labute approximate surface area is 123 Å². The maximum Gasteiger partial charge on any atom is 0.222 e. The molecule has 7 heteroatoms. The maximum atomic E-state index is 9.65. The normalized spacial score (nSPS) is 12.4. The Hall–Kier alpha value is -2.41. The summed E-state index contributed by atoms with van der Waals surface area (Å²) in [7, 11) is 0. The average molecular weight is 289 g/mol. The number of nitrogen functional groups attached to an aromatic ring is 2. The Kier molecular flexibility index (Phi) is 4.23.